The van der Waals surface area contributed by atoms with Crippen LogP contribution in [-0.2, 0) is 21.2 Å². The Morgan fingerprint density at radius 2 is 1.65 bits per heavy atom. The van der Waals surface area contributed by atoms with Gasteiger partial charge in [-0.25, -0.2) is 8.42 Å². The zero-order valence-electron chi connectivity index (χ0n) is 14.5. The lowest BCUT2D eigenvalue weighted by Gasteiger charge is -2.15. The van der Waals surface area contributed by atoms with Crippen molar-refractivity contribution in [2.24, 2.45) is 0 Å². The smallest absolute Gasteiger partial charge is 0.255 e. The molecule has 2 aromatic carbocycles. The molecule has 0 aromatic heterocycles. The van der Waals surface area contributed by atoms with E-state index in [-0.39, 0.29) is 5.91 Å². The van der Waals surface area contributed by atoms with E-state index >= 15 is 0 Å². The number of anilines is 1. The van der Waals surface area contributed by atoms with Gasteiger partial charge < -0.3 is 4.90 Å². The summed E-state index contributed by atoms with van der Waals surface area (Å²) in [5.74, 6) is 0.127. The second-order valence-corrected chi connectivity index (χ2v) is 7.89. The maximum atomic E-state index is 12.2. The zero-order valence-corrected chi connectivity index (χ0v) is 15.3. The molecule has 0 atom stereocenters. The van der Waals surface area contributed by atoms with Crippen LogP contribution in [0.4, 0.5) is 5.69 Å². The second kappa shape index (κ2) is 8.19. The molecule has 0 saturated carbocycles. The number of nitrogens with one attached hydrogen (secondary N) is 1. The standard InChI is InChI=1S/C20H22N2O3S/c23-20(22-13-4-5-14-22)16-18-8-10-19(11-9-18)21-26(24,25)15-12-17-6-2-1-3-7-17/h1-3,6-12,15,21H,4-5,13-14,16H2/b15-12+. The normalized spacial score (nSPS) is 14.7. The lowest BCUT2D eigenvalue weighted by atomic mass is 10.1. The summed E-state index contributed by atoms with van der Waals surface area (Å²) in [5.41, 5.74) is 2.17. The van der Waals surface area contributed by atoms with Crippen LogP contribution in [0.1, 0.15) is 24.0 Å². The third-order valence-corrected chi connectivity index (χ3v) is 5.28. The van der Waals surface area contributed by atoms with E-state index in [0.29, 0.717) is 12.1 Å². The lowest BCUT2D eigenvalue weighted by Crippen LogP contribution is -2.29. The topological polar surface area (TPSA) is 66.5 Å². The fourth-order valence-electron chi connectivity index (χ4n) is 2.87. The summed E-state index contributed by atoms with van der Waals surface area (Å²) in [6.45, 7) is 1.68. The Morgan fingerprint density at radius 1 is 1.00 bits per heavy atom. The van der Waals surface area contributed by atoms with Gasteiger partial charge in [-0.3, -0.25) is 9.52 Å². The fourth-order valence-corrected chi connectivity index (χ4v) is 3.74. The van der Waals surface area contributed by atoms with E-state index in [2.05, 4.69) is 4.72 Å². The number of hydrogen-bond donors (Lipinski definition) is 1. The number of likely N-dealkylation sites (tertiary alicyclic amines) is 1. The SMILES string of the molecule is O=C(Cc1ccc(NS(=O)(=O)/C=C/c2ccccc2)cc1)N1CCCC1. The molecule has 1 N–H and O–H groups in total. The van der Waals surface area contributed by atoms with Gasteiger partial charge in [0.2, 0.25) is 5.91 Å². The van der Waals surface area contributed by atoms with Crippen molar-refractivity contribution >= 4 is 27.7 Å². The van der Waals surface area contributed by atoms with Gasteiger partial charge >= 0.3 is 0 Å². The molecule has 6 heteroatoms. The number of sulfonamides is 1. The average molecular weight is 370 g/mol. The summed E-state index contributed by atoms with van der Waals surface area (Å²) in [4.78, 5) is 14.0. The number of rotatable bonds is 6. The Hall–Kier alpha value is -2.60. The predicted molar refractivity (Wildman–Crippen MR) is 104 cm³/mol. The minimum absolute atomic E-state index is 0.127. The number of carbonyl (C=O) groups excluding carboxylic acids is 1. The van der Waals surface area contributed by atoms with Crippen molar-refractivity contribution in [1.29, 1.82) is 0 Å². The van der Waals surface area contributed by atoms with Crippen LogP contribution < -0.4 is 4.72 Å². The molecular weight excluding hydrogens is 348 g/mol. The van der Waals surface area contributed by atoms with Crippen molar-refractivity contribution in [1.82, 2.24) is 4.90 Å². The van der Waals surface area contributed by atoms with Gasteiger partial charge in [-0.1, -0.05) is 42.5 Å². The molecule has 0 bridgehead atoms. The Kier molecular flexibility index (Phi) is 5.73. The van der Waals surface area contributed by atoms with Gasteiger partial charge in [0.25, 0.3) is 10.0 Å². The van der Waals surface area contributed by atoms with E-state index in [4.69, 9.17) is 0 Å². The molecule has 26 heavy (non-hydrogen) atoms. The van der Waals surface area contributed by atoms with Crippen LogP contribution in [0.15, 0.2) is 60.0 Å². The van der Waals surface area contributed by atoms with E-state index in [1.165, 1.54) is 0 Å². The van der Waals surface area contributed by atoms with Gasteiger partial charge in [-0.15, -0.1) is 0 Å². The number of nitrogens with zero attached hydrogens (tertiary/aromatic N) is 1. The molecule has 1 aliphatic heterocycles. The highest BCUT2D eigenvalue weighted by atomic mass is 32.2. The van der Waals surface area contributed by atoms with Crippen molar-refractivity contribution in [3.63, 3.8) is 0 Å². The van der Waals surface area contributed by atoms with Gasteiger partial charge in [-0.2, -0.15) is 0 Å². The molecule has 2 aromatic rings. The maximum absolute atomic E-state index is 12.2. The molecule has 0 radical (unpaired) electrons. The van der Waals surface area contributed by atoms with Crippen LogP contribution in [0.3, 0.4) is 0 Å². The highest BCUT2D eigenvalue weighted by Gasteiger charge is 2.17. The number of carbonyl (C=O) groups is 1. The van der Waals surface area contributed by atoms with Crippen molar-refractivity contribution in [2.75, 3.05) is 17.8 Å². The van der Waals surface area contributed by atoms with Gasteiger partial charge in [0.1, 0.15) is 0 Å². The third-order valence-electron chi connectivity index (χ3n) is 4.27. The van der Waals surface area contributed by atoms with E-state index in [1.807, 2.05) is 35.2 Å². The van der Waals surface area contributed by atoms with Crippen molar-refractivity contribution in [3.05, 3.63) is 71.1 Å². The second-order valence-electron chi connectivity index (χ2n) is 6.32. The third kappa shape index (κ3) is 5.20. The van der Waals surface area contributed by atoms with Gasteiger partial charge in [0.15, 0.2) is 0 Å². The molecule has 3 rings (SSSR count). The van der Waals surface area contributed by atoms with Gasteiger partial charge in [-0.05, 0) is 42.2 Å². The first-order valence-corrected chi connectivity index (χ1v) is 10.2. The highest BCUT2D eigenvalue weighted by molar-refractivity contribution is 7.95. The average Bonchev–Trinajstić information content (AvgIpc) is 3.17. The molecule has 136 valence electrons. The quantitative estimate of drug-likeness (QED) is 0.849. The fraction of sp³-hybridized carbons (Fsp3) is 0.250. The molecule has 1 fully saturated rings. The molecular formula is C20H22N2O3S. The summed E-state index contributed by atoms with van der Waals surface area (Å²) in [7, 11) is -3.59. The van der Waals surface area contributed by atoms with Crippen LogP contribution in [0.2, 0.25) is 0 Å². The van der Waals surface area contributed by atoms with E-state index in [9.17, 15) is 13.2 Å². The van der Waals surface area contributed by atoms with Crippen LogP contribution in [0, 0.1) is 0 Å². The van der Waals surface area contributed by atoms with Crippen LogP contribution in [0.25, 0.3) is 6.08 Å². The molecule has 1 aliphatic rings. The first kappa shape index (κ1) is 18.2. The Labute approximate surface area is 154 Å². The molecule has 0 unspecified atom stereocenters. The summed E-state index contributed by atoms with van der Waals surface area (Å²) < 4.78 is 26.8. The predicted octanol–water partition coefficient (Wildman–Crippen LogP) is 3.26. The Morgan fingerprint density at radius 3 is 2.31 bits per heavy atom. The first-order valence-electron chi connectivity index (χ1n) is 8.64. The van der Waals surface area contributed by atoms with E-state index in [0.717, 1.165) is 42.5 Å². The summed E-state index contributed by atoms with van der Waals surface area (Å²) in [6, 6.07) is 16.2. The minimum atomic E-state index is -3.59. The zero-order chi connectivity index (χ0) is 18.4. The maximum Gasteiger partial charge on any atom is 0.255 e. The highest BCUT2D eigenvalue weighted by Crippen LogP contribution is 2.15. The summed E-state index contributed by atoms with van der Waals surface area (Å²) in [6.07, 6.45) is 4.04. The lowest BCUT2D eigenvalue weighted by molar-refractivity contribution is -0.129. The largest absolute Gasteiger partial charge is 0.342 e. The molecule has 1 heterocycles. The van der Waals surface area contributed by atoms with Crippen molar-refractivity contribution < 1.29 is 13.2 Å². The molecule has 5 nitrogen and oxygen atoms in total. The number of hydrogen-bond acceptors (Lipinski definition) is 3. The van der Waals surface area contributed by atoms with Gasteiger partial charge in [0, 0.05) is 18.8 Å². The van der Waals surface area contributed by atoms with Crippen LogP contribution in [-0.4, -0.2) is 32.3 Å². The van der Waals surface area contributed by atoms with Crippen molar-refractivity contribution in [3.8, 4) is 0 Å². The minimum Gasteiger partial charge on any atom is -0.342 e. The number of amides is 1. The van der Waals surface area contributed by atoms with Crippen LogP contribution >= 0.6 is 0 Å². The van der Waals surface area contributed by atoms with E-state index < -0.39 is 10.0 Å². The Bertz CT molecular complexity index is 869. The van der Waals surface area contributed by atoms with Crippen LogP contribution in [0.5, 0.6) is 0 Å². The first-order chi connectivity index (χ1) is 12.5. The molecule has 0 spiro atoms. The summed E-state index contributed by atoms with van der Waals surface area (Å²) in [5, 5.41) is 1.15. The molecule has 1 saturated heterocycles. The summed E-state index contributed by atoms with van der Waals surface area (Å²) >= 11 is 0. The molecule has 1 amide bonds. The van der Waals surface area contributed by atoms with Crippen molar-refractivity contribution in [2.45, 2.75) is 19.3 Å². The van der Waals surface area contributed by atoms with E-state index in [1.54, 1.807) is 30.3 Å². The number of benzene rings is 2. The monoisotopic (exact) mass is 370 g/mol. The van der Waals surface area contributed by atoms with Gasteiger partial charge in [0.05, 0.1) is 11.8 Å². The Balaban J connectivity index is 1.59. The molecule has 0 aliphatic carbocycles.